The zero-order valence-electron chi connectivity index (χ0n) is 12.0. The largest absolute Gasteiger partial charge is 0.481 e. The van der Waals surface area contributed by atoms with Gasteiger partial charge in [-0.05, 0) is 60.4 Å². The standard InChI is InChI=1S/C15H22N2O3S/c18-14(19)13-3-1-11(2-4-13)9-17-15(20)16-7-5-12-6-8-21-10-12/h6,8,10-11,13H,1-5,7,9H2,(H,18,19)(H2,16,17,20). The smallest absolute Gasteiger partial charge is 0.314 e. The third-order valence-corrected chi connectivity index (χ3v) is 4.76. The van der Waals surface area contributed by atoms with E-state index in [0.29, 0.717) is 19.0 Å². The topological polar surface area (TPSA) is 78.4 Å². The highest BCUT2D eigenvalue weighted by Crippen LogP contribution is 2.28. The molecule has 0 atom stereocenters. The highest BCUT2D eigenvalue weighted by atomic mass is 32.1. The van der Waals surface area contributed by atoms with Gasteiger partial charge in [-0.1, -0.05) is 0 Å². The van der Waals surface area contributed by atoms with Gasteiger partial charge in [0.15, 0.2) is 0 Å². The zero-order chi connectivity index (χ0) is 15.1. The molecule has 2 rings (SSSR count). The van der Waals surface area contributed by atoms with Gasteiger partial charge < -0.3 is 15.7 Å². The maximum absolute atomic E-state index is 11.7. The predicted molar refractivity (Wildman–Crippen MR) is 82.5 cm³/mol. The van der Waals surface area contributed by atoms with E-state index in [1.807, 2.05) is 5.38 Å². The molecular formula is C15H22N2O3S. The van der Waals surface area contributed by atoms with Crippen LogP contribution in [0.4, 0.5) is 4.79 Å². The van der Waals surface area contributed by atoms with Gasteiger partial charge in [-0.2, -0.15) is 11.3 Å². The van der Waals surface area contributed by atoms with E-state index in [4.69, 9.17) is 5.11 Å². The van der Waals surface area contributed by atoms with Crippen LogP contribution in [0.1, 0.15) is 31.2 Å². The number of thiophene rings is 1. The Morgan fingerprint density at radius 1 is 1.24 bits per heavy atom. The first-order chi connectivity index (χ1) is 10.1. The lowest BCUT2D eigenvalue weighted by atomic mass is 9.82. The van der Waals surface area contributed by atoms with Crippen LogP contribution in [0, 0.1) is 11.8 Å². The van der Waals surface area contributed by atoms with Crippen molar-refractivity contribution in [2.75, 3.05) is 13.1 Å². The van der Waals surface area contributed by atoms with Crippen LogP contribution in [0.3, 0.4) is 0 Å². The maximum Gasteiger partial charge on any atom is 0.314 e. The SMILES string of the molecule is O=C(NCCc1ccsc1)NCC1CCC(C(=O)O)CC1. The van der Waals surface area contributed by atoms with Crippen molar-refractivity contribution in [1.29, 1.82) is 0 Å². The van der Waals surface area contributed by atoms with E-state index in [1.54, 1.807) is 11.3 Å². The van der Waals surface area contributed by atoms with Gasteiger partial charge in [0.1, 0.15) is 0 Å². The Morgan fingerprint density at radius 2 is 2.00 bits per heavy atom. The summed E-state index contributed by atoms with van der Waals surface area (Å²) in [5.41, 5.74) is 1.24. The van der Waals surface area contributed by atoms with Gasteiger partial charge in [0.05, 0.1) is 5.92 Å². The van der Waals surface area contributed by atoms with Crippen LogP contribution < -0.4 is 10.6 Å². The van der Waals surface area contributed by atoms with Crippen LogP contribution in [-0.4, -0.2) is 30.2 Å². The number of hydrogen-bond acceptors (Lipinski definition) is 3. The molecule has 0 unspecified atom stereocenters. The molecule has 1 saturated carbocycles. The summed E-state index contributed by atoms with van der Waals surface area (Å²) in [4.78, 5) is 22.5. The quantitative estimate of drug-likeness (QED) is 0.755. The molecule has 21 heavy (non-hydrogen) atoms. The molecule has 0 radical (unpaired) electrons. The Morgan fingerprint density at radius 3 is 2.62 bits per heavy atom. The minimum Gasteiger partial charge on any atom is -0.481 e. The molecule has 5 nitrogen and oxygen atoms in total. The van der Waals surface area contributed by atoms with Crippen LogP contribution in [0.25, 0.3) is 0 Å². The van der Waals surface area contributed by atoms with Crippen LogP contribution >= 0.6 is 11.3 Å². The summed E-state index contributed by atoms with van der Waals surface area (Å²) in [6, 6.07) is 1.93. The number of carboxylic acids is 1. The summed E-state index contributed by atoms with van der Waals surface area (Å²) in [7, 11) is 0. The molecule has 0 bridgehead atoms. The lowest BCUT2D eigenvalue weighted by molar-refractivity contribution is -0.143. The normalized spacial score (nSPS) is 21.7. The average Bonchev–Trinajstić information content (AvgIpc) is 2.99. The number of aliphatic carboxylic acids is 1. The molecule has 1 fully saturated rings. The van der Waals surface area contributed by atoms with E-state index >= 15 is 0 Å². The summed E-state index contributed by atoms with van der Waals surface area (Å²) in [5.74, 6) is -0.475. The fraction of sp³-hybridized carbons (Fsp3) is 0.600. The molecule has 1 aliphatic rings. The number of urea groups is 1. The number of carboxylic acid groups (broad SMARTS) is 1. The Bertz CT molecular complexity index is 453. The summed E-state index contributed by atoms with van der Waals surface area (Å²) in [5, 5.41) is 18.8. The first-order valence-electron chi connectivity index (χ1n) is 7.40. The molecule has 1 aromatic heterocycles. The van der Waals surface area contributed by atoms with Crippen LogP contribution in [-0.2, 0) is 11.2 Å². The minimum absolute atomic E-state index is 0.134. The van der Waals surface area contributed by atoms with Gasteiger partial charge in [-0.25, -0.2) is 4.79 Å². The Kier molecular flexibility index (Phi) is 6.04. The first-order valence-corrected chi connectivity index (χ1v) is 8.35. The van der Waals surface area contributed by atoms with E-state index in [1.165, 1.54) is 5.56 Å². The molecule has 1 heterocycles. The van der Waals surface area contributed by atoms with Gasteiger partial charge in [-0.3, -0.25) is 4.79 Å². The van der Waals surface area contributed by atoms with Crippen molar-refractivity contribution in [3.63, 3.8) is 0 Å². The highest BCUT2D eigenvalue weighted by Gasteiger charge is 2.25. The third kappa shape index (κ3) is 5.38. The van der Waals surface area contributed by atoms with Crippen LogP contribution in [0.15, 0.2) is 16.8 Å². The minimum atomic E-state index is -0.687. The first kappa shape index (κ1) is 15.8. The van der Waals surface area contributed by atoms with Gasteiger partial charge in [0, 0.05) is 13.1 Å². The predicted octanol–water partition coefficient (Wildman–Crippen LogP) is 2.48. The second kappa shape index (κ2) is 8.02. The summed E-state index contributed by atoms with van der Waals surface area (Å²) in [6.45, 7) is 1.27. The molecule has 3 N–H and O–H groups in total. The van der Waals surface area contributed by atoms with Gasteiger partial charge in [0.25, 0.3) is 0 Å². The fourth-order valence-electron chi connectivity index (χ4n) is 2.67. The molecule has 0 saturated heterocycles. The van der Waals surface area contributed by atoms with E-state index in [9.17, 15) is 9.59 Å². The van der Waals surface area contributed by atoms with Crippen molar-refractivity contribution in [1.82, 2.24) is 10.6 Å². The van der Waals surface area contributed by atoms with Crippen molar-refractivity contribution >= 4 is 23.3 Å². The lowest BCUT2D eigenvalue weighted by Crippen LogP contribution is -2.40. The molecule has 1 aromatic rings. The van der Waals surface area contributed by atoms with E-state index in [0.717, 1.165) is 32.1 Å². The molecule has 116 valence electrons. The second-order valence-electron chi connectivity index (χ2n) is 5.57. The molecule has 0 spiro atoms. The molecule has 6 heteroatoms. The zero-order valence-corrected chi connectivity index (χ0v) is 12.8. The van der Waals surface area contributed by atoms with Gasteiger partial charge >= 0.3 is 12.0 Å². The van der Waals surface area contributed by atoms with E-state index in [-0.39, 0.29) is 11.9 Å². The molecule has 1 aliphatic carbocycles. The fourth-order valence-corrected chi connectivity index (χ4v) is 3.37. The lowest BCUT2D eigenvalue weighted by Gasteiger charge is -2.26. The van der Waals surface area contributed by atoms with Crippen molar-refractivity contribution in [2.45, 2.75) is 32.1 Å². The van der Waals surface area contributed by atoms with Crippen molar-refractivity contribution < 1.29 is 14.7 Å². The van der Waals surface area contributed by atoms with Gasteiger partial charge in [0.2, 0.25) is 0 Å². The molecule has 0 aliphatic heterocycles. The second-order valence-corrected chi connectivity index (χ2v) is 6.35. The summed E-state index contributed by atoms with van der Waals surface area (Å²) in [6.07, 6.45) is 4.06. The maximum atomic E-state index is 11.7. The highest BCUT2D eigenvalue weighted by molar-refractivity contribution is 7.07. The summed E-state index contributed by atoms with van der Waals surface area (Å²) < 4.78 is 0. The van der Waals surface area contributed by atoms with Gasteiger partial charge in [-0.15, -0.1) is 0 Å². The average molecular weight is 310 g/mol. The summed E-state index contributed by atoms with van der Waals surface area (Å²) >= 11 is 1.66. The molecular weight excluding hydrogens is 288 g/mol. The van der Waals surface area contributed by atoms with E-state index in [2.05, 4.69) is 22.1 Å². The van der Waals surface area contributed by atoms with E-state index < -0.39 is 5.97 Å². The number of carbonyl (C=O) groups excluding carboxylic acids is 1. The monoisotopic (exact) mass is 310 g/mol. The Labute approximate surface area is 128 Å². The van der Waals surface area contributed by atoms with Crippen LogP contribution in [0.2, 0.25) is 0 Å². The number of carbonyl (C=O) groups is 2. The number of nitrogens with one attached hydrogen (secondary N) is 2. The third-order valence-electron chi connectivity index (χ3n) is 4.03. The van der Waals surface area contributed by atoms with Crippen molar-refractivity contribution in [3.8, 4) is 0 Å². The van der Waals surface area contributed by atoms with Crippen molar-refractivity contribution in [3.05, 3.63) is 22.4 Å². The van der Waals surface area contributed by atoms with Crippen LogP contribution in [0.5, 0.6) is 0 Å². The number of rotatable bonds is 6. The molecule has 2 amide bonds. The Hall–Kier alpha value is -1.56. The van der Waals surface area contributed by atoms with Crippen molar-refractivity contribution in [2.24, 2.45) is 11.8 Å². The molecule has 0 aromatic carbocycles. The Balaban J connectivity index is 1.56. The number of hydrogen-bond donors (Lipinski definition) is 3. The number of amides is 2.